The Morgan fingerprint density at radius 3 is 2.59 bits per heavy atom. The second-order valence-electron chi connectivity index (χ2n) is 6.64. The number of nitrogens with zero attached hydrogens (tertiary/aromatic N) is 2. The Kier molecular flexibility index (Phi) is 5.55. The number of hydrogen-bond donors (Lipinski definition) is 1. The summed E-state index contributed by atoms with van der Waals surface area (Å²) in [5.74, 6) is -2.90. The molecule has 29 heavy (non-hydrogen) atoms. The predicted octanol–water partition coefficient (Wildman–Crippen LogP) is 4.49. The summed E-state index contributed by atoms with van der Waals surface area (Å²) in [6.45, 7) is 5.03. The van der Waals surface area contributed by atoms with Crippen molar-refractivity contribution in [3.8, 4) is 10.4 Å². The molecule has 4 rings (SSSR count). The number of carbonyl (C=O) groups is 1. The van der Waals surface area contributed by atoms with Gasteiger partial charge in [0.1, 0.15) is 0 Å². The zero-order valence-corrected chi connectivity index (χ0v) is 16.6. The zero-order valence-electron chi connectivity index (χ0n) is 15.7. The van der Waals surface area contributed by atoms with Gasteiger partial charge in [-0.15, -0.1) is 0 Å². The molecule has 1 aliphatic rings. The first kappa shape index (κ1) is 19.5. The lowest BCUT2D eigenvalue weighted by molar-refractivity contribution is 0.102. The third-order valence-corrected chi connectivity index (χ3v) is 5.94. The van der Waals surface area contributed by atoms with Crippen molar-refractivity contribution in [1.29, 1.82) is 0 Å². The van der Waals surface area contributed by atoms with Crippen molar-refractivity contribution < 1.29 is 18.3 Å². The summed E-state index contributed by atoms with van der Waals surface area (Å²) >= 11 is 1.62. The predicted molar refractivity (Wildman–Crippen MR) is 110 cm³/mol. The van der Waals surface area contributed by atoms with Gasteiger partial charge in [0.05, 0.1) is 29.3 Å². The maximum Gasteiger partial charge on any atom is 0.258 e. The number of hydrogen-bond acceptors (Lipinski definition) is 5. The Labute approximate surface area is 171 Å². The van der Waals surface area contributed by atoms with Gasteiger partial charge in [-0.3, -0.25) is 4.79 Å². The average molecular weight is 415 g/mol. The molecular weight excluding hydrogens is 396 g/mol. The van der Waals surface area contributed by atoms with Gasteiger partial charge in [0.25, 0.3) is 5.91 Å². The molecule has 0 aliphatic carbocycles. The van der Waals surface area contributed by atoms with Gasteiger partial charge in [-0.05, 0) is 36.8 Å². The summed E-state index contributed by atoms with van der Waals surface area (Å²) < 4.78 is 32.5. The van der Waals surface area contributed by atoms with Gasteiger partial charge in [0.2, 0.25) is 0 Å². The minimum Gasteiger partial charge on any atom is -0.378 e. The van der Waals surface area contributed by atoms with Crippen molar-refractivity contribution in [2.45, 2.75) is 6.92 Å². The highest BCUT2D eigenvalue weighted by atomic mass is 32.1. The summed E-state index contributed by atoms with van der Waals surface area (Å²) in [7, 11) is 0. The van der Waals surface area contributed by atoms with E-state index in [4.69, 9.17) is 4.74 Å². The second-order valence-corrected chi connectivity index (χ2v) is 7.62. The molecule has 0 unspecified atom stereocenters. The van der Waals surface area contributed by atoms with Crippen LogP contribution in [0.15, 0.2) is 42.5 Å². The van der Waals surface area contributed by atoms with E-state index in [1.807, 2.05) is 19.1 Å². The van der Waals surface area contributed by atoms with Gasteiger partial charge in [-0.1, -0.05) is 29.5 Å². The van der Waals surface area contributed by atoms with Crippen molar-refractivity contribution >= 4 is 28.1 Å². The van der Waals surface area contributed by atoms with E-state index < -0.39 is 17.5 Å². The summed E-state index contributed by atoms with van der Waals surface area (Å²) in [6, 6.07) is 10.7. The molecule has 0 bridgehead atoms. The summed E-state index contributed by atoms with van der Waals surface area (Å²) in [6.07, 6.45) is 0. The van der Waals surface area contributed by atoms with Gasteiger partial charge in [-0.2, -0.15) is 0 Å². The van der Waals surface area contributed by atoms with Crippen molar-refractivity contribution in [2.75, 3.05) is 36.5 Å². The Morgan fingerprint density at radius 2 is 1.86 bits per heavy atom. The summed E-state index contributed by atoms with van der Waals surface area (Å²) in [5, 5.41) is 3.57. The van der Waals surface area contributed by atoms with Crippen LogP contribution in [0.4, 0.5) is 19.6 Å². The van der Waals surface area contributed by atoms with Crippen LogP contribution in [-0.2, 0) is 4.74 Å². The van der Waals surface area contributed by atoms with Crippen LogP contribution in [-0.4, -0.2) is 37.2 Å². The lowest BCUT2D eigenvalue weighted by atomic mass is 10.1. The lowest BCUT2D eigenvalue weighted by Gasteiger charge is -2.26. The topological polar surface area (TPSA) is 54.5 Å². The molecule has 1 fully saturated rings. The average Bonchev–Trinajstić information content (AvgIpc) is 3.13. The minimum absolute atomic E-state index is 0.331. The smallest absolute Gasteiger partial charge is 0.258 e. The molecule has 0 radical (unpaired) electrons. The van der Waals surface area contributed by atoms with Gasteiger partial charge < -0.3 is 15.0 Å². The molecule has 0 spiro atoms. The van der Waals surface area contributed by atoms with Crippen LogP contribution in [0.3, 0.4) is 0 Å². The summed E-state index contributed by atoms with van der Waals surface area (Å²) in [4.78, 5) is 20.2. The molecule has 8 heteroatoms. The maximum absolute atomic E-state index is 13.8. The number of morpholine rings is 1. The van der Waals surface area contributed by atoms with Crippen LogP contribution in [0.1, 0.15) is 16.1 Å². The normalized spacial score (nSPS) is 14.1. The van der Waals surface area contributed by atoms with E-state index in [0.29, 0.717) is 18.9 Å². The van der Waals surface area contributed by atoms with Crippen LogP contribution in [0.2, 0.25) is 0 Å². The van der Waals surface area contributed by atoms with Gasteiger partial charge >= 0.3 is 0 Å². The van der Waals surface area contributed by atoms with Crippen LogP contribution in [0.5, 0.6) is 0 Å². The number of carbonyl (C=O) groups excluding carboxylic acids is 1. The number of aromatic nitrogens is 1. The van der Waals surface area contributed by atoms with Crippen molar-refractivity contribution in [3.63, 3.8) is 0 Å². The highest BCUT2D eigenvalue weighted by molar-refractivity contribution is 7.19. The van der Waals surface area contributed by atoms with E-state index in [2.05, 4.69) is 15.2 Å². The van der Waals surface area contributed by atoms with E-state index >= 15 is 0 Å². The number of aryl methyl sites for hydroxylation is 1. The molecule has 0 saturated carbocycles. The zero-order chi connectivity index (χ0) is 20.4. The van der Waals surface area contributed by atoms with E-state index in [0.717, 1.165) is 40.4 Å². The number of halogens is 2. The fourth-order valence-electron chi connectivity index (χ4n) is 3.12. The van der Waals surface area contributed by atoms with E-state index in [-0.39, 0.29) is 5.56 Å². The first-order valence-electron chi connectivity index (χ1n) is 9.19. The van der Waals surface area contributed by atoms with Crippen LogP contribution in [0.25, 0.3) is 10.4 Å². The molecule has 5 nitrogen and oxygen atoms in total. The van der Waals surface area contributed by atoms with E-state index in [9.17, 15) is 13.6 Å². The third-order valence-electron chi connectivity index (χ3n) is 4.67. The molecule has 1 aromatic heterocycles. The summed E-state index contributed by atoms with van der Waals surface area (Å²) in [5.41, 5.74) is 2.09. The van der Waals surface area contributed by atoms with Crippen LogP contribution >= 0.6 is 11.3 Å². The lowest BCUT2D eigenvalue weighted by Crippen LogP contribution is -2.36. The Bertz CT molecular complexity index is 1030. The SMILES string of the molecule is Cc1nc(N2CCOCC2)sc1-c1ccc(NC(=O)c2cccc(F)c2F)cc1. The first-order valence-corrected chi connectivity index (χ1v) is 10.0. The number of thiazole rings is 1. The standard InChI is InChI=1S/C21H19F2N3O2S/c1-13-19(29-21(24-13)26-9-11-28-12-10-26)14-5-7-15(8-6-14)25-20(27)16-3-2-4-17(22)18(16)23/h2-8H,9-12H2,1H3,(H,25,27). The molecule has 150 valence electrons. The minimum atomic E-state index is -1.16. The second kappa shape index (κ2) is 8.26. The monoisotopic (exact) mass is 415 g/mol. The molecule has 1 saturated heterocycles. The van der Waals surface area contributed by atoms with Crippen molar-refractivity contribution in [2.24, 2.45) is 0 Å². The van der Waals surface area contributed by atoms with Gasteiger partial charge in [-0.25, -0.2) is 13.8 Å². The molecule has 2 aromatic carbocycles. The number of rotatable bonds is 4. The first-order chi connectivity index (χ1) is 14.0. The fourth-order valence-corrected chi connectivity index (χ4v) is 4.25. The van der Waals surface area contributed by atoms with Gasteiger partial charge in [0.15, 0.2) is 16.8 Å². The Hall–Kier alpha value is -2.84. The number of amides is 1. The van der Waals surface area contributed by atoms with Crippen LogP contribution in [0, 0.1) is 18.6 Å². The maximum atomic E-state index is 13.8. The highest BCUT2D eigenvalue weighted by Gasteiger charge is 2.18. The number of nitrogens with one attached hydrogen (secondary N) is 1. The molecule has 1 aliphatic heterocycles. The number of benzene rings is 2. The molecular formula is C21H19F2N3O2S. The number of anilines is 2. The van der Waals surface area contributed by atoms with E-state index in [1.165, 1.54) is 12.1 Å². The quantitative estimate of drug-likeness (QED) is 0.682. The molecule has 1 N–H and O–H groups in total. The largest absolute Gasteiger partial charge is 0.378 e. The van der Waals surface area contributed by atoms with Crippen molar-refractivity contribution in [1.82, 2.24) is 4.98 Å². The van der Waals surface area contributed by atoms with Crippen molar-refractivity contribution in [3.05, 3.63) is 65.4 Å². The third kappa shape index (κ3) is 4.13. The fraction of sp³-hybridized carbons (Fsp3) is 0.238. The molecule has 2 heterocycles. The molecule has 0 atom stereocenters. The van der Waals surface area contributed by atoms with Gasteiger partial charge in [0, 0.05) is 18.8 Å². The number of ether oxygens (including phenoxy) is 1. The van der Waals surface area contributed by atoms with E-state index in [1.54, 1.807) is 23.5 Å². The molecule has 1 amide bonds. The Balaban J connectivity index is 1.50. The Morgan fingerprint density at radius 1 is 1.14 bits per heavy atom. The highest BCUT2D eigenvalue weighted by Crippen LogP contribution is 2.35. The van der Waals surface area contributed by atoms with Crippen LogP contribution < -0.4 is 10.2 Å². The molecule has 3 aromatic rings.